The minimum atomic E-state index is -0.235. The summed E-state index contributed by atoms with van der Waals surface area (Å²) in [6.07, 6.45) is 1.92. The van der Waals surface area contributed by atoms with Gasteiger partial charge < -0.3 is 14.5 Å². The molecule has 1 atom stereocenters. The van der Waals surface area contributed by atoms with Crippen molar-refractivity contribution in [3.63, 3.8) is 0 Å². The second-order valence-corrected chi connectivity index (χ2v) is 4.84. The van der Waals surface area contributed by atoms with Crippen LogP contribution in [0.2, 0.25) is 0 Å². The molecule has 0 aliphatic carbocycles. The third-order valence-electron chi connectivity index (χ3n) is 3.75. The smallest absolute Gasteiger partial charge is 0.126 e. The van der Waals surface area contributed by atoms with Gasteiger partial charge in [-0.2, -0.15) is 5.26 Å². The molecule has 1 aliphatic heterocycles. The Kier molecular flexibility index (Phi) is 3.59. The van der Waals surface area contributed by atoms with Crippen LogP contribution >= 0.6 is 0 Å². The van der Waals surface area contributed by atoms with Gasteiger partial charge in [-0.3, -0.25) is 4.90 Å². The number of nitriles is 1. The van der Waals surface area contributed by atoms with E-state index in [9.17, 15) is 5.26 Å². The molecule has 1 aliphatic rings. The van der Waals surface area contributed by atoms with Gasteiger partial charge in [-0.1, -0.05) is 0 Å². The van der Waals surface area contributed by atoms with Crippen molar-refractivity contribution in [1.29, 1.82) is 5.26 Å². The van der Waals surface area contributed by atoms with Gasteiger partial charge in [0.05, 0.1) is 26.4 Å². The van der Waals surface area contributed by atoms with E-state index < -0.39 is 0 Å². The van der Waals surface area contributed by atoms with Crippen LogP contribution in [0.3, 0.4) is 0 Å². The van der Waals surface area contributed by atoms with Crippen molar-refractivity contribution in [2.75, 3.05) is 33.4 Å². The number of hydrogen-bond acceptors (Lipinski definition) is 4. The van der Waals surface area contributed by atoms with Crippen LogP contribution in [0.1, 0.15) is 11.6 Å². The molecule has 104 valence electrons. The fourth-order valence-electron chi connectivity index (χ4n) is 2.66. The molecule has 1 saturated heterocycles. The molecule has 1 N–H and O–H groups in total. The van der Waals surface area contributed by atoms with E-state index in [2.05, 4.69) is 16.0 Å². The molecule has 0 spiro atoms. The van der Waals surface area contributed by atoms with Gasteiger partial charge in [-0.05, 0) is 12.1 Å². The number of H-pyrrole nitrogens is 1. The summed E-state index contributed by atoms with van der Waals surface area (Å²) in [6.45, 7) is 2.96. The summed E-state index contributed by atoms with van der Waals surface area (Å²) in [4.78, 5) is 5.39. The van der Waals surface area contributed by atoms with E-state index in [0.29, 0.717) is 13.2 Å². The van der Waals surface area contributed by atoms with Gasteiger partial charge in [-0.25, -0.2) is 0 Å². The fraction of sp³-hybridized carbons (Fsp3) is 0.400. The molecule has 1 aromatic heterocycles. The Bertz CT molecular complexity index is 638. The van der Waals surface area contributed by atoms with Gasteiger partial charge in [0.1, 0.15) is 11.8 Å². The van der Waals surface area contributed by atoms with Crippen molar-refractivity contribution in [1.82, 2.24) is 9.88 Å². The van der Waals surface area contributed by atoms with E-state index >= 15 is 0 Å². The summed E-state index contributed by atoms with van der Waals surface area (Å²) in [5.41, 5.74) is 2.01. The average molecular weight is 271 g/mol. The first-order valence-electron chi connectivity index (χ1n) is 6.70. The Morgan fingerprint density at radius 2 is 2.20 bits per heavy atom. The number of methoxy groups -OCH3 is 1. The molecule has 0 saturated carbocycles. The van der Waals surface area contributed by atoms with Crippen molar-refractivity contribution < 1.29 is 9.47 Å². The maximum atomic E-state index is 9.54. The number of hydrogen-bond donors (Lipinski definition) is 1. The minimum Gasteiger partial charge on any atom is -0.497 e. The number of benzene rings is 1. The molecule has 2 heterocycles. The van der Waals surface area contributed by atoms with E-state index in [4.69, 9.17) is 9.47 Å². The summed E-state index contributed by atoms with van der Waals surface area (Å²) in [5.74, 6) is 0.811. The zero-order valence-corrected chi connectivity index (χ0v) is 11.4. The molecule has 1 aromatic carbocycles. The molecule has 1 fully saturated rings. The van der Waals surface area contributed by atoms with E-state index in [0.717, 1.165) is 35.3 Å². The van der Waals surface area contributed by atoms with Gasteiger partial charge >= 0.3 is 0 Å². The molecular weight excluding hydrogens is 254 g/mol. The first-order valence-corrected chi connectivity index (χ1v) is 6.70. The number of morpholine rings is 1. The summed E-state index contributed by atoms with van der Waals surface area (Å²) < 4.78 is 10.6. The Morgan fingerprint density at radius 1 is 1.40 bits per heavy atom. The second kappa shape index (κ2) is 5.53. The molecule has 0 radical (unpaired) electrons. The van der Waals surface area contributed by atoms with Crippen LogP contribution in [0.15, 0.2) is 24.4 Å². The highest BCUT2D eigenvalue weighted by molar-refractivity contribution is 5.85. The highest BCUT2D eigenvalue weighted by Crippen LogP contribution is 2.30. The molecule has 5 heteroatoms. The lowest BCUT2D eigenvalue weighted by Crippen LogP contribution is -2.38. The summed E-state index contributed by atoms with van der Waals surface area (Å²) in [6, 6.07) is 8.06. The number of rotatable bonds is 3. The third kappa shape index (κ3) is 2.24. The van der Waals surface area contributed by atoms with Gasteiger partial charge in [0.2, 0.25) is 0 Å². The van der Waals surface area contributed by atoms with Gasteiger partial charge in [-0.15, -0.1) is 0 Å². The summed E-state index contributed by atoms with van der Waals surface area (Å²) >= 11 is 0. The van der Waals surface area contributed by atoms with Crippen molar-refractivity contribution in [2.45, 2.75) is 6.04 Å². The Hall–Kier alpha value is -2.03. The molecule has 20 heavy (non-hydrogen) atoms. The number of ether oxygens (including phenoxy) is 2. The monoisotopic (exact) mass is 271 g/mol. The highest BCUT2D eigenvalue weighted by Gasteiger charge is 2.24. The molecular formula is C15H17N3O2. The lowest BCUT2D eigenvalue weighted by molar-refractivity contribution is 0.0268. The molecule has 1 unspecified atom stereocenters. The third-order valence-corrected chi connectivity index (χ3v) is 3.75. The van der Waals surface area contributed by atoms with Crippen molar-refractivity contribution >= 4 is 10.9 Å². The van der Waals surface area contributed by atoms with Crippen molar-refractivity contribution in [3.05, 3.63) is 30.0 Å². The number of aromatic amines is 1. The SMILES string of the molecule is COc1ccc2c(C(C#N)N3CCOCC3)c[nH]c2c1. The van der Waals surface area contributed by atoms with Gasteiger partial charge in [0, 0.05) is 41.8 Å². The molecule has 0 amide bonds. The minimum absolute atomic E-state index is 0.235. The van der Waals surface area contributed by atoms with Crippen LogP contribution in [0.25, 0.3) is 10.9 Å². The Morgan fingerprint density at radius 3 is 2.90 bits per heavy atom. The van der Waals surface area contributed by atoms with Crippen molar-refractivity contribution in [3.8, 4) is 11.8 Å². The number of aromatic nitrogens is 1. The van der Waals surface area contributed by atoms with Crippen molar-refractivity contribution in [2.24, 2.45) is 0 Å². The maximum Gasteiger partial charge on any atom is 0.126 e. The number of nitrogens with zero attached hydrogens (tertiary/aromatic N) is 2. The van der Waals surface area contributed by atoms with Gasteiger partial charge in [0.15, 0.2) is 0 Å². The second-order valence-electron chi connectivity index (χ2n) is 4.84. The summed E-state index contributed by atoms with van der Waals surface area (Å²) in [5, 5.41) is 10.6. The van der Waals surface area contributed by atoms with Crippen LogP contribution in [0.4, 0.5) is 0 Å². The Balaban J connectivity index is 1.97. The van der Waals surface area contributed by atoms with Crippen LogP contribution in [-0.2, 0) is 4.74 Å². The van der Waals surface area contributed by atoms with E-state index in [1.165, 1.54) is 0 Å². The summed E-state index contributed by atoms with van der Waals surface area (Å²) in [7, 11) is 1.65. The zero-order chi connectivity index (χ0) is 13.9. The molecule has 3 rings (SSSR count). The lowest BCUT2D eigenvalue weighted by atomic mass is 10.0. The topological polar surface area (TPSA) is 61.3 Å². The maximum absolute atomic E-state index is 9.54. The standard InChI is InChI=1S/C15H17N3O2/c1-19-11-2-3-12-13(10-17-14(12)8-11)15(9-16)18-4-6-20-7-5-18/h2-3,8,10,15,17H,4-7H2,1H3. The van der Waals surface area contributed by atoms with Crippen LogP contribution < -0.4 is 4.74 Å². The first-order chi connectivity index (χ1) is 9.83. The van der Waals surface area contributed by atoms with Crippen LogP contribution in [0.5, 0.6) is 5.75 Å². The fourth-order valence-corrected chi connectivity index (χ4v) is 2.66. The predicted octanol–water partition coefficient (Wildman–Crippen LogP) is 2.07. The van der Waals surface area contributed by atoms with E-state index in [1.54, 1.807) is 7.11 Å². The van der Waals surface area contributed by atoms with E-state index in [1.807, 2.05) is 24.4 Å². The zero-order valence-electron chi connectivity index (χ0n) is 11.4. The lowest BCUT2D eigenvalue weighted by Gasteiger charge is -2.30. The van der Waals surface area contributed by atoms with Gasteiger partial charge in [0.25, 0.3) is 0 Å². The van der Waals surface area contributed by atoms with Crippen LogP contribution in [-0.4, -0.2) is 43.3 Å². The van der Waals surface area contributed by atoms with Crippen LogP contribution in [0, 0.1) is 11.3 Å². The molecule has 5 nitrogen and oxygen atoms in total. The predicted molar refractivity (Wildman–Crippen MR) is 75.6 cm³/mol. The average Bonchev–Trinajstić information content (AvgIpc) is 2.92. The van der Waals surface area contributed by atoms with E-state index in [-0.39, 0.29) is 6.04 Å². The first kappa shape index (κ1) is 13.0. The quantitative estimate of drug-likeness (QED) is 0.928. The number of fused-ring (bicyclic) bond motifs is 1. The molecule has 2 aromatic rings. The Labute approximate surface area is 117 Å². The molecule has 0 bridgehead atoms. The highest BCUT2D eigenvalue weighted by atomic mass is 16.5. The normalized spacial score (nSPS) is 17.8. The largest absolute Gasteiger partial charge is 0.497 e. The number of nitrogens with one attached hydrogen (secondary N) is 1.